The van der Waals surface area contributed by atoms with Crippen molar-refractivity contribution in [1.82, 2.24) is 5.32 Å². The Morgan fingerprint density at radius 2 is 2.46 bits per heavy atom. The minimum absolute atomic E-state index is 0.0242. The highest BCUT2D eigenvalue weighted by Gasteiger charge is 2.10. The molecule has 0 saturated heterocycles. The minimum Gasteiger partial charge on any atom is -0.494 e. The van der Waals surface area contributed by atoms with Crippen LogP contribution in [-0.2, 0) is 9.53 Å². The molecule has 0 spiro atoms. The molecule has 3 nitrogen and oxygen atoms in total. The molecule has 0 radical (unpaired) electrons. The summed E-state index contributed by atoms with van der Waals surface area (Å²) in [6.45, 7) is 2.65. The molecule has 72 valence electrons. The van der Waals surface area contributed by atoms with Crippen molar-refractivity contribution in [2.45, 2.75) is 19.8 Å². The molecule has 3 heteroatoms. The van der Waals surface area contributed by atoms with Gasteiger partial charge in [-0.2, -0.15) is 0 Å². The molecule has 1 amide bonds. The van der Waals surface area contributed by atoms with Gasteiger partial charge in [-0.1, -0.05) is 13.0 Å². The molecule has 1 aliphatic rings. The highest BCUT2D eigenvalue weighted by molar-refractivity contribution is 5.79. The molecule has 0 aromatic rings. The fourth-order valence-corrected chi connectivity index (χ4v) is 1.27. The van der Waals surface area contributed by atoms with Gasteiger partial charge in [0.05, 0.1) is 12.2 Å². The van der Waals surface area contributed by atoms with Crippen molar-refractivity contribution in [1.29, 1.82) is 0 Å². The van der Waals surface area contributed by atoms with Gasteiger partial charge in [-0.25, -0.2) is 0 Å². The average molecular weight is 181 g/mol. The van der Waals surface area contributed by atoms with Crippen molar-refractivity contribution in [2.24, 2.45) is 0 Å². The zero-order valence-electron chi connectivity index (χ0n) is 8.09. The summed E-state index contributed by atoms with van der Waals surface area (Å²) in [6, 6.07) is 0. The first-order valence-electron chi connectivity index (χ1n) is 4.49. The van der Waals surface area contributed by atoms with E-state index < -0.39 is 0 Å². The number of rotatable bonds is 3. The van der Waals surface area contributed by atoms with Crippen LogP contribution in [0.25, 0.3) is 0 Å². The van der Waals surface area contributed by atoms with E-state index in [0.717, 1.165) is 17.8 Å². The van der Waals surface area contributed by atoms with Crippen LogP contribution in [0.2, 0.25) is 0 Å². The molecular formula is C10H15NO2. The first kappa shape index (κ1) is 9.84. The fourth-order valence-electron chi connectivity index (χ4n) is 1.27. The molecule has 0 aliphatic carbocycles. The quantitative estimate of drug-likeness (QED) is 0.714. The van der Waals surface area contributed by atoms with E-state index in [9.17, 15) is 4.79 Å². The van der Waals surface area contributed by atoms with Crippen LogP contribution in [0.5, 0.6) is 0 Å². The van der Waals surface area contributed by atoms with Crippen LogP contribution < -0.4 is 5.32 Å². The molecule has 0 unspecified atom stereocenters. The van der Waals surface area contributed by atoms with E-state index in [-0.39, 0.29) is 5.91 Å². The van der Waals surface area contributed by atoms with E-state index in [4.69, 9.17) is 4.74 Å². The minimum atomic E-state index is 0.0242. The Balaban J connectivity index is 2.68. The van der Waals surface area contributed by atoms with Gasteiger partial charge in [0.15, 0.2) is 0 Å². The Morgan fingerprint density at radius 3 is 3.08 bits per heavy atom. The summed E-state index contributed by atoms with van der Waals surface area (Å²) >= 11 is 0. The largest absolute Gasteiger partial charge is 0.494 e. The summed E-state index contributed by atoms with van der Waals surface area (Å²) in [7, 11) is 1.64. The Hall–Kier alpha value is -1.25. The summed E-state index contributed by atoms with van der Waals surface area (Å²) < 4.78 is 5.40. The third-order valence-corrected chi connectivity index (χ3v) is 1.98. The summed E-state index contributed by atoms with van der Waals surface area (Å²) in [5.41, 5.74) is 0.994. The van der Waals surface area contributed by atoms with E-state index in [0.29, 0.717) is 13.0 Å². The summed E-state index contributed by atoms with van der Waals surface area (Å²) in [5.74, 6) is 0.960. The van der Waals surface area contributed by atoms with Gasteiger partial charge in [-0.05, 0) is 11.6 Å². The smallest absolute Gasteiger partial charge is 0.224 e. The molecule has 0 atom stereocenters. The number of hydrogen-bond acceptors (Lipinski definition) is 2. The predicted molar refractivity (Wildman–Crippen MR) is 51.1 cm³/mol. The second kappa shape index (κ2) is 4.70. The Morgan fingerprint density at radius 1 is 1.69 bits per heavy atom. The molecular weight excluding hydrogens is 166 g/mol. The molecule has 0 aromatic carbocycles. The number of carbonyl (C=O) groups is 1. The van der Waals surface area contributed by atoms with Crippen molar-refractivity contribution in [3.63, 3.8) is 0 Å². The van der Waals surface area contributed by atoms with Gasteiger partial charge in [-0.15, -0.1) is 0 Å². The topological polar surface area (TPSA) is 38.3 Å². The van der Waals surface area contributed by atoms with Gasteiger partial charge in [0.1, 0.15) is 6.61 Å². The SMILES string of the molecule is CCC1=C(CC(=O)NC)C=CCO1. The molecule has 0 fully saturated rings. The second-order valence-corrected chi connectivity index (χ2v) is 2.87. The number of amides is 1. The molecule has 1 rings (SSSR count). The highest BCUT2D eigenvalue weighted by Crippen LogP contribution is 2.18. The molecule has 1 N–H and O–H groups in total. The van der Waals surface area contributed by atoms with Crippen LogP contribution in [0.3, 0.4) is 0 Å². The van der Waals surface area contributed by atoms with Crippen LogP contribution in [-0.4, -0.2) is 19.6 Å². The number of nitrogens with one attached hydrogen (secondary N) is 1. The summed E-state index contributed by atoms with van der Waals surface area (Å²) in [6.07, 6.45) is 5.15. The lowest BCUT2D eigenvalue weighted by atomic mass is 10.1. The Bertz CT molecular complexity index is 254. The van der Waals surface area contributed by atoms with Gasteiger partial charge in [0, 0.05) is 13.5 Å². The van der Waals surface area contributed by atoms with Crippen LogP contribution in [0, 0.1) is 0 Å². The average Bonchev–Trinajstić information content (AvgIpc) is 2.18. The van der Waals surface area contributed by atoms with E-state index in [1.54, 1.807) is 7.05 Å². The normalized spacial score (nSPS) is 15.5. The van der Waals surface area contributed by atoms with Gasteiger partial charge < -0.3 is 10.1 Å². The number of hydrogen-bond donors (Lipinski definition) is 1. The number of ether oxygens (including phenoxy) is 1. The van der Waals surface area contributed by atoms with Crippen molar-refractivity contribution in [3.05, 3.63) is 23.5 Å². The Kier molecular flexibility index (Phi) is 3.55. The zero-order valence-corrected chi connectivity index (χ0v) is 8.09. The number of carbonyl (C=O) groups excluding carboxylic acids is 1. The maximum Gasteiger partial charge on any atom is 0.224 e. The van der Waals surface area contributed by atoms with Gasteiger partial charge in [0.2, 0.25) is 5.91 Å². The van der Waals surface area contributed by atoms with Crippen molar-refractivity contribution < 1.29 is 9.53 Å². The lowest BCUT2D eigenvalue weighted by Crippen LogP contribution is -2.19. The zero-order chi connectivity index (χ0) is 9.68. The second-order valence-electron chi connectivity index (χ2n) is 2.87. The van der Waals surface area contributed by atoms with Crippen molar-refractivity contribution in [2.75, 3.05) is 13.7 Å². The van der Waals surface area contributed by atoms with Gasteiger partial charge in [0.25, 0.3) is 0 Å². The first-order valence-corrected chi connectivity index (χ1v) is 4.49. The van der Waals surface area contributed by atoms with Gasteiger partial charge in [-0.3, -0.25) is 4.79 Å². The monoisotopic (exact) mass is 181 g/mol. The summed E-state index contributed by atoms with van der Waals surface area (Å²) in [5, 5.41) is 2.59. The number of allylic oxidation sites excluding steroid dienone is 2. The summed E-state index contributed by atoms with van der Waals surface area (Å²) in [4.78, 5) is 11.1. The van der Waals surface area contributed by atoms with E-state index >= 15 is 0 Å². The molecule has 1 aliphatic heterocycles. The molecule has 0 bridgehead atoms. The molecule has 0 aromatic heterocycles. The van der Waals surface area contributed by atoms with Gasteiger partial charge >= 0.3 is 0 Å². The fraction of sp³-hybridized carbons (Fsp3) is 0.500. The maximum absolute atomic E-state index is 11.1. The maximum atomic E-state index is 11.1. The predicted octanol–water partition coefficient (Wildman–Crippen LogP) is 1.37. The van der Waals surface area contributed by atoms with E-state index in [2.05, 4.69) is 5.32 Å². The van der Waals surface area contributed by atoms with Crippen LogP contribution in [0.15, 0.2) is 23.5 Å². The van der Waals surface area contributed by atoms with E-state index in [1.807, 2.05) is 19.1 Å². The third-order valence-electron chi connectivity index (χ3n) is 1.98. The third kappa shape index (κ3) is 2.61. The van der Waals surface area contributed by atoms with Crippen LogP contribution in [0.1, 0.15) is 19.8 Å². The van der Waals surface area contributed by atoms with Crippen LogP contribution in [0.4, 0.5) is 0 Å². The standard InChI is InChI=1S/C10H15NO2/c1-3-9-8(5-4-6-13-9)7-10(12)11-2/h4-5H,3,6-7H2,1-2H3,(H,11,12). The molecule has 13 heavy (non-hydrogen) atoms. The van der Waals surface area contributed by atoms with Crippen LogP contribution >= 0.6 is 0 Å². The molecule has 0 saturated carbocycles. The lowest BCUT2D eigenvalue weighted by molar-refractivity contribution is -0.119. The van der Waals surface area contributed by atoms with Crippen molar-refractivity contribution in [3.8, 4) is 0 Å². The van der Waals surface area contributed by atoms with Crippen molar-refractivity contribution >= 4 is 5.91 Å². The first-order chi connectivity index (χ1) is 6.27. The molecule has 1 heterocycles. The highest BCUT2D eigenvalue weighted by atomic mass is 16.5. The lowest BCUT2D eigenvalue weighted by Gasteiger charge is -2.15. The van der Waals surface area contributed by atoms with E-state index in [1.165, 1.54) is 0 Å². The Labute approximate surface area is 78.5 Å².